The van der Waals surface area contributed by atoms with Crippen molar-refractivity contribution in [1.82, 2.24) is 10.2 Å². The van der Waals surface area contributed by atoms with Crippen molar-refractivity contribution in [2.45, 2.75) is 84.2 Å². The van der Waals surface area contributed by atoms with Gasteiger partial charge in [0, 0.05) is 12.1 Å². The predicted molar refractivity (Wildman–Crippen MR) is 88.1 cm³/mol. The fourth-order valence-electron chi connectivity index (χ4n) is 3.95. The molecule has 2 aliphatic carbocycles. The van der Waals surface area contributed by atoms with Gasteiger partial charge in [0.05, 0.1) is 0 Å². The minimum absolute atomic E-state index is 0.843. The molecule has 0 radical (unpaired) electrons. The fraction of sp³-hybridized carbons (Fsp3) is 1.00. The second-order valence-electron chi connectivity index (χ2n) is 7.47. The van der Waals surface area contributed by atoms with Gasteiger partial charge in [-0.2, -0.15) is 0 Å². The summed E-state index contributed by atoms with van der Waals surface area (Å²) in [4.78, 5) is 2.93. The smallest absolute Gasteiger partial charge is 0.0139 e. The Balaban J connectivity index is 1.84. The zero-order chi connectivity index (χ0) is 14.4. The van der Waals surface area contributed by atoms with Crippen LogP contribution >= 0.6 is 0 Å². The van der Waals surface area contributed by atoms with E-state index in [0.717, 1.165) is 23.9 Å². The highest BCUT2D eigenvalue weighted by Gasteiger charge is 2.38. The Hall–Kier alpha value is -0.0800. The van der Waals surface area contributed by atoms with Crippen LogP contribution in [0, 0.1) is 11.8 Å². The van der Waals surface area contributed by atoms with E-state index in [1.54, 1.807) is 0 Å². The maximum atomic E-state index is 3.65. The van der Waals surface area contributed by atoms with Crippen LogP contribution in [0.3, 0.4) is 0 Å². The average Bonchev–Trinajstić information content (AvgIpc) is 2.91. The normalized spacial score (nSPS) is 27.4. The van der Waals surface area contributed by atoms with Crippen molar-refractivity contribution in [2.24, 2.45) is 11.8 Å². The van der Waals surface area contributed by atoms with Crippen LogP contribution in [0.4, 0.5) is 0 Å². The summed E-state index contributed by atoms with van der Waals surface area (Å²) in [5.41, 5.74) is 0. The van der Waals surface area contributed by atoms with E-state index in [-0.39, 0.29) is 0 Å². The first-order chi connectivity index (χ1) is 9.72. The first-order valence-electron chi connectivity index (χ1n) is 9.18. The Morgan fingerprint density at radius 1 is 1.10 bits per heavy atom. The average molecular weight is 280 g/mol. The molecule has 2 saturated carbocycles. The Morgan fingerprint density at radius 2 is 1.85 bits per heavy atom. The first kappa shape index (κ1) is 16.3. The van der Waals surface area contributed by atoms with Gasteiger partial charge >= 0.3 is 0 Å². The van der Waals surface area contributed by atoms with Gasteiger partial charge in [-0.1, -0.05) is 33.6 Å². The zero-order valence-electron chi connectivity index (χ0n) is 14.0. The minimum Gasteiger partial charge on any atom is -0.316 e. The summed E-state index contributed by atoms with van der Waals surface area (Å²) in [6.45, 7) is 10.8. The maximum Gasteiger partial charge on any atom is 0.0139 e. The quantitative estimate of drug-likeness (QED) is 0.641. The van der Waals surface area contributed by atoms with Gasteiger partial charge < -0.3 is 5.32 Å². The standard InChI is InChI=1S/C18H36N2/c1-4-12-19-14-16-9-10-18(16)20(13-11-15(2)3)17-7-5-6-8-17/h15-19H,4-14H2,1-3H3. The van der Waals surface area contributed by atoms with Gasteiger partial charge in [0.25, 0.3) is 0 Å². The Kier molecular flexibility index (Phi) is 6.83. The number of rotatable bonds is 9. The van der Waals surface area contributed by atoms with Crippen LogP contribution in [0.25, 0.3) is 0 Å². The monoisotopic (exact) mass is 280 g/mol. The van der Waals surface area contributed by atoms with Gasteiger partial charge in [-0.25, -0.2) is 0 Å². The van der Waals surface area contributed by atoms with E-state index in [0.29, 0.717) is 0 Å². The molecular weight excluding hydrogens is 244 g/mol. The SMILES string of the molecule is CCCNCC1CCC1N(CCC(C)C)C1CCCC1. The topological polar surface area (TPSA) is 15.3 Å². The largest absolute Gasteiger partial charge is 0.316 e. The van der Waals surface area contributed by atoms with Crippen LogP contribution in [0.5, 0.6) is 0 Å². The van der Waals surface area contributed by atoms with Crippen LogP contribution in [-0.2, 0) is 0 Å². The van der Waals surface area contributed by atoms with Crippen LogP contribution in [0.1, 0.15) is 72.1 Å². The summed E-state index contributed by atoms with van der Waals surface area (Å²) in [7, 11) is 0. The highest BCUT2D eigenvalue weighted by molar-refractivity contribution is 4.94. The molecule has 20 heavy (non-hydrogen) atoms. The lowest BCUT2D eigenvalue weighted by atomic mass is 9.77. The van der Waals surface area contributed by atoms with Crippen LogP contribution in [0.2, 0.25) is 0 Å². The van der Waals surface area contributed by atoms with E-state index < -0.39 is 0 Å². The molecule has 2 fully saturated rings. The summed E-state index contributed by atoms with van der Waals surface area (Å²) < 4.78 is 0. The molecule has 0 spiro atoms. The molecule has 2 aliphatic rings. The van der Waals surface area contributed by atoms with Crippen molar-refractivity contribution in [1.29, 1.82) is 0 Å². The number of nitrogens with zero attached hydrogens (tertiary/aromatic N) is 1. The molecule has 0 amide bonds. The highest BCUT2D eigenvalue weighted by atomic mass is 15.2. The van der Waals surface area contributed by atoms with Crippen LogP contribution in [-0.4, -0.2) is 36.6 Å². The number of hydrogen-bond acceptors (Lipinski definition) is 2. The molecule has 0 aromatic rings. The summed E-state index contributed by atoms with van der Waals surface area (Å²) in [6.07, 6.45) is 11.4. The van der Waals surface area contributed by atoms with Crippen molar-refractivity contribution in [3.63, 3.8) is 0 Å². The molecule has 2 atom stereocenters. The molecule has 2 rings (SSSR count). The molecule has 2 nitrogen and oxygen atoms in total. The molecule has 0 aromatic carbocycles. The Bertz CT molecular complexity index is 258. The Morgan fingerprint density at radius 3 is 2.40 bits per heavy atom. The lowest BCUT2D eigenvalue weighted by Crippen LogP contribution is -2.54. The molecular formula is C18H36N2. The van der Waals surface area contributed by atoms with Crippen molar-refractivity contribution in [3.05, 3.63) is 0 Å². The summed E-state index contributed by atoms with van der Waals surface area (Å²) >= 11 is 0. The van der Waals surface area contributed by atoms with Crippen molar-refractivity contribution in [3.8, 4) is 0 Å². The van der Waals surface area contributed by atoms with E-state index in [1.807, 2.05) is 0 Å². The lowest BCUT2D eigenvalue weighted by molar-refractivity contribution is 0.0254. The van der Waals surface area contributed by atoms with Gasteiger partial charge in [-0.05, 0) is 70.0 Å². The third-order valence-corrected chi connectivity index (χ3v) is 5.40. The maximum absolute atomic E-state index is 3.65. The zero-order valence-corrected chi connectivity index (χ0v) is 14.0. The van der Waals surface area contributed by atoms with Crippen molar-refractivity contribution >= 4 is 0 Å². The molecule has 0 saturated heterocycles. The third-order valence-electron chi connectivity index (χ3n) is 5.40. The van der Waals surface area contributed by atoms with E-state index in [2.05, 4.69) is 31.0 Å². The molecule has 2 unspecified atom stereocenters. The Labute approximate surface area is 126 Å². The minimum atomic E-state index is 0.843. The van der Waals surface area contributed by atoms with Crippen molar-refractivity contribution in [2.75, 3.05) is 19.6 Å². The highest BCUT2D eigenvalue weighted by Crippen LogP contribution is 2.37. The predicted octanol–water partition coefficient (Wildman–Crippen LogP) is 4.06. The molecule has 0 aromatic heterocycles. The van der Waals surface area contributed by atoms with E-state index in [4.69, 9.17) is 0 Å². The third kappa shape index (κ3) is 4.46. The van der Waals surface area contributed by atoms with E-state index in [1.165, 1.54) is 71.0 Å². The summed E-state index contributed by atoms with van der Waals surface area (Å²) in [6, 6.07) is 1.80. The molecule has 118 valence electrons. The van der Waals surface area contributed by atoms with Gasteiger partial charge in [-0.15, -0.1) is 0 Å². The lowest BCUT2D eigenvalue weighted by Gasteiger charge is -2.47. The number of hydrogen-bond donors (Lipinski definition) is 1. The van der Waals surface area contributed by atoms with Gasteiger partial charge in [0.2, 0.25) is 0 Å². The molecule has 0 heterocycles. The van der Waals surface area contributed by atoms with E-state index in [9.17, 15) is 0 Å². The van der Waals surface area contributed by atoms with E-state index >= 15 is 0 Å². The summed E-state index contributed by atoms with van der Waals surface area (Å²) in [5, 5.41) is 3.65. The molecule has 0 aliphatic heterocycles. The number of nitrogens with one attached hydrogen (secondary N) is 1. The second-order valence-corrected chi connectivity index (χ2v) is 7.47. The van der Waals surface area contributed by atoms with Gasteiger partial charge in [0.1, 0.15) is 0 Å². The first-order valence-corrected chi connectivity index (χ1v) is 9.18. The van der Waals surface area contributed by atoms with Crippen LogP contribution in [0.15, 0.2) is 0 Å². The molecule has 2 heteroatoms. The second kappa shape index (κ2) is 8.38. The molecule has 1 N–H and O–H groups in total. The van der Waals surface area contributed by atoms with Crippen molar-refractivity contribution < 1.29 is 0 Å². The van der Waals surface area contributed by atoms with Gasteiger partial charge in [-0.3, -0.25) is 4.90 Å². The van der Waals surface area contributed by atoms with Crippen LogP contribution < -0.4 is 5.32 Å². The fourth-order valence-corrected chi connectivity index (χ4v) is 3.95. The summed E-state index contributed by atoms with van der Waals surface area (Å²) in [5.74, 6) is 1.77. The molecule has 0 bridgehead atoms. The van der Waals surface area contributed by atoms with Gasteiger partial charge in [0.15, 0.2) is 0 Å².